The summed E-state index contributed by atoms with van der Waals surface area (Å²) in [6.45, 7) is 8.70. The number of ether oxygens (including phenoxy) is 1. The van der Waals surface area contributed by atoms with E-state index in [4.69, 9.17) is 4.74 Å². The lowest BCUT2D eigenvalue weighted by molar-refractivity contribution is 0.0920. The van der Waals surface area contributed by atoms with Crippen molar-refractivity contribution in [2.45, 2.75) is 39.0 Å². The Morgan fingerprint density at radius 3 is 2.69 bits per heavy atom. The summed E-state index contributed by atoms with van der Waals surface area (Å²) in [5, 5.41) is 10.2. The highest BCUT2D eigenvalue weighted by Gasteiger charge is 2.18. The molecule has 0 atom stereocenters. The van der Waals surface area contributed by atoms with Gasteiger partial charge >= 0.3 is 0 Å². The Balaban J connectivity index is 1.93. The van der Waals surface area contributed by atoms with E-state index >= 15 is 0 Å². The second-order valence-corrected chi connectivity index (χ2v) is 8.40. The predicted octanol–water partition coefficient (Wildman–Crippen LogP) is 4.17. The SMILES string of the molecule is Cc1ccc(C)c(-n2c(=O)c3ccccc3n3c(SCCOC(C)C)nnc23)c1. The first-order valence-electron chi connectivity index (χ1n) is 9.68. The molecule has 6 nitrogen and oxygen atoms in total. The zero-order chi connectivity index (χ0) is 20.5. The molecule has 7 heteroatoms. The van der Waals surface area contributed by atoms with Gasteiger partial charge in [-0.2, -0.15) is 0 Å². The first kappa shape index (κ1) is 19.7. The van der Waals surface area contributed by atoms with Crippen LogP contribution in [0.15, 0.2) is 52.4 Å². The van der Waals surface area contributed by atoms with Crippen LogP contribution < -0.4 is 5.56 Å². The molecule has 4 rings (SSSR count). The van der Waals surface area contributed by atoms with Gasteiger partial charge in [0.05, 0.1) is 29.3 Å². The molecule has 0 radical (unpaired) electrons. The van der Waals surface area contributed by atoms with Crippen molar-refractivity contribution in [2.24, 2.45) is 0 Å². The Bertz CT molecular complexity index is 1240. The number of rotatable bonds is 6. The van der Waals surface area contributed by atoms with E-state index in [2.05, 4.69) is 10.2 Å². The first-order chi connectivity index (χ1) is 14.0. The smallest absolute Gasteiger partial charge is 0.267 e. The summed E-state index contributed by atoms with van der Waals surface area (Å²) < 4.78 is 9.29. The normalized spacial score (nSPS) is 11.8. The molecule has 0 saturated heterocycles. The molecule has 29 heavy (non-hydrogen) atoms. The van der Waals surface area contributed by atoms with E-state index in [0.717, 1.165) is 33.2 Å². The number of hydrogen-bond donors (Lipinski definition) is 0. The lowest BCUT2D eigenvalue weighted by Crippen LogP contribution is -2.22. The standard InChI is InChI=1S/C22H24N4O2S/c1-14(2)28-11-12-29-22-24-23-21-25(19-13-15(3)9-10-16(19)4)20(27)17-7-5-6-8-18(17)26(21)22/h5-10,13-14H,11-12H2,1-4H3. The molecule has 2 aromatic heterocycles. The monoisotopic (exact) mass is 408 g/mol. The van der Waals surface area contributed by atoms with Crippen molar-refractivity contribution in [3.63, 3.8) is 0 Å². The summed E-state index contributed by atoms with van der Waals surface area (Å²) in [6.07, 6.45) is 0.195. The third kappa shape index (κ3) is 3.68. The summed E-state index contributed by atoms with van der Waals surface area (Å²) in [6, 6.07) is 13.7. The topological polar surface area (TPSA) is 61.4 Å². The van der Waals surface area contributed by atoms with Crippen LogP contribution in [0.5, 0.6) is 0 Å². The number of hydrogen-bond acceptors (Lipinski definition) is 5. The van der Waals surface area contributed by atoms with Crippen molar-refractivity contribution in [2.75, 3.05) is 12.4 Å². The van der Waals surface area contributed by atoms with Crippen LogP contribution in [-0.2, 0) is 4.74 Å². The van der Waals surface area contributed by atoms with Crippen LogP contribution in [0, 0.1) is 13.8 Å². The van der Waals surface area contributed by atoms with Crippen LogP contribution in [0.25, 0.3) is 22.4 Å². The molecule has 0 bridgehead atoms. The number of benzene rings is 2. The molecule has 150 valence electrons. The van der Waals surface area contributed by atoms with Crippen molar-refractivity contribution >= 4 is 28.4 Å². The highest BCUT2D eigenvalue weighted by Crippen LogP contribution is 2.24. The summed E-state index contributed by atoms with van der Waals surface area (Å²) in [5.41, 5.74) is 3.65. The molecule has 2 heterocycles. The fourth-order valence-corrected chi connectivity index (χ4v) is 4.14. The number of fused-ring (bicyclic) bond motifs is 3. The van der Waals surface area contributed by atoms with Crippen LogP contribution >= 0.6 is 11.8 Å². The fourth-order valence-electron chi connectivity index (χ4n) is 3.37. The third-order valence-electron chi connectivity index (χ3n) is 4.77. The van der Waals surface area contributed by atoms with E-state index in [0.29, 0.717) is 17.8 Å². The Hall–Kier alpha value is -2.64. The zero-order valence-corrected chi connectivity index (χ0v) is 17.9. The van der Waals surface area contributed by atoms with Crippen molar-refractivity contribution < 1.29 is 4.74 Å². The molecule has 0 saturated carbocycles. The van der Waals surface area contributed by atoms with Gasteiger partial charge in [-0.1, -0.05) is 36.0 Å². The van der Waals surface area contributed by atoms with Crippen LogP contribution in [0.1, 0.15) is 25.0 Å². The van der Waals surface area contributed by atoms with E-state index in [1.165, 1.54) is 0 Å². The van der Waals surface area contributed by atoms with Crippen LogP contribution in [0.4, 0.5) is 0 Å². The van der Waals surface area contributed by atoms with Gasteiger partial charge in [0, 0.05) is 5.75 Å². The van der Waals surface area contributed by atoms with Crippen LogP contribution in [0.3, 0.4) is 0 Å². The van der Waals surface area contributed by atoms with Gasteiger partial charge in [-0.3, -0.25) is 9.20 Å². The maximum Gasteiger partial charge on any atom is 0.267 e. The molecule has 0 aliphatic carbocycles. The number of para-hydroxylation sites is 1. The number of thioether (sulfide) groups is 1. The van der Waals surface area contributed by atoms with Crippen LogP contribution in [0.2, 0.25) is 0 Å². The molecule has 0 aliphatic rings. The number of aryl methyl sites for hydroxylation is 2. The maximum absolute atomic E-state index is 13.4. The molecule has 0 N–H and O–H groups in total. The van der Waals surface area contributed by atoms with Gasteiger partial charge in [0.15, 0.2) is 5.16 Å². The maximum atomic E-state index is 13.4. The second kappa shape index (κ2) is 8.00. The van der Waals surface area contributed by atoms with Gasteiger partial charge < -0.3 is 4.74 Å². The van der Waals surface area contributed by atoms with E-state index < -0.39 is 0 Å². The fraction of sp³-hybridized carbons (Fsp3) is 0.318. The number of aromatic nitrogens is 4. The molecule has 2 aromatic carbocycles. The van der Waals surface area contributed by atoms with Crippen molar-refractivity contribution in [3.05, 3.63) is 63.9 Å². The summed E-state index contributed by atoms with van der Waals surface area (Å²) >= 11 is 1.58. The zero-order valence-electron chi connectivity index (χ0n) is 17.0. The summed E-state index contributed by atoms with van der Waals surface area (Å²) in [4.78, 5) is 13.4. The lowest BCUT2D eigenvalue weighted by Gasteiger charge is -2.14. The van der Waals surface area contributed by atoms with E-state index in [1.807, 2.05) is 74.6 Å². The van der Waals surface area contributed by atoms with Gasteiger partial charge in [-0.15, -0.1) is 10.2 Å². The molecule has 0 aliphatic heterocycles. The molecule has 0 amide bonds. The largest absolute Gasteiger partial charge is 0.378 e. The molecule has 4 aromatic rings. The lowest BCUT2D eigenvalue weighted by atomic mass is 10.1. The van der Waals surface area contributed by atoms with Gasteiger partial charge in [-0.25, -0.2) is 4.57 Å². The van der Waals surface area contributed by atoms with Gasteiger partial charge in [-0.05, 0) is 57.0 Å². The van der Waals surface area contributed by atoms with Gasteiger partial charge in [0.2, 0.25) is 5.78 Å². The summed E-state index contributed by atoms with van der Waals surface area (Å²) in [7, 11) is 0. The quantitative estimate of drug-likeness (QED) is 0.354. The third-order valence-corrected chi connectivity index (χ3v) is 5.66. The van der Waals surface area contributed by atoms with E-state index in [9.17, 15) is 4.79 Å². The average Bonchev–Trinajstić information content (AvgIpc) is 3.11. The molecular weight excluding hydrogens is 384 g/mol. The predicted molar refractivity (Wildman–Crippen MR) is 117 cm³/mol. The van der Waals surface area contributed by atoms with Crippen molar-refractivity contribution in [1.82, 2.24) is 19.2 Å². The molecular formula is C22H24N4O2S. The Morgan fingerprint density at radius 1 is 1.10 bits per heavy atom. The van der Waals surface area contributed by atoms with Crippen molar-refractivity contribution in [1.29, 1.82) is 0 Å². The van der Waals surface area contributed by atoms with E-state index in [-0.39, 0.29) is 11.7 Å². The minimum atomic E-state index is -0.0890. The molecule has 0 fully saturated rings. The molecule has 0 spiro atoms. The minimum Gasteiger partial charge on any atom is -0.378 e. The van der Waals surface area contributed by atoms with Crippen LogP contribution in [-0.4, -0.2) is 37.6 Å². The Labute approximate surface area is 173 Å². The molecule has 0 unspecified atom stereocenters. The minimum absolute atomic E-state index is 0.0890. The van der Waals surface area contributed by atoms with Gasteiger partial charge in [0.1, 0.15) is 0 Å². The first-order valence-corrected chi connectivity index (χ1v) is 10.7. The highest BCUT2D eigenvalue weighted by atomic mass is 32.2. The highest BCUT2D eigenvalue weighted by molar-refractivity contribution is 7.99. The Morgan fingerprint density at radius 2 is 1.90 bits per heavy atom. The van der Waals surface area contributed by atoms with Crippen molar-refractivity contribution in [3.8, 4) is 5.69 Å². The summed E-state index contributed by atoms with van der Waals surface area (Å²) in [5.74, 6) is 1.28. The van der Waals surface area contributed by atoms with Gasteiger partial charge in [0.25, 0.3) is 5.56 Å². The number of nitrogens with zero attached hydrogens (tertiary/aromatic N) is 4. The Kier molecular flexibility index (Phi) is 5.43. The second-order valence-electron chi connectivity index (χ2n) is 7.33. The van der Waals surface area contributed by atoms with E-state index in [1.54, 1.807) is 16.3 Å². The average molecular weight is 409 g/mol.